The summed E-state index contributed by atoms with van der Waals surface area (Å²) in [7, 11) is 1.47. The maximum atomic E-state index is 13.6. The maximum absolute atomic E-state index is 13.6. The van der Waals surface area contributed by atoms with E-state index in [9.17, 15) is 27.9 Å². The number of aliphatic carboxylic acids is 1. The molecule has 0 heterocycles. The van der Waals surface area contributed by atoms with E-state index < -0.39 is 40.9 Å². The van der Waals surface area contributed by atoms with E-state index in [-0.39, 0.29) is 6.42 Å². The maximum Gasteiger partial charge on any atom is 0.326 e. The quantitative estimate of drug-likeness (QED) is 0.837. The highest BCUT2D eigenvalue weighted by Gasteiger charge is 2.25. The highest BCUT2D eigenvalue weighted by atomic mass is 19.1. The normalized spacial score (nSPS) is 11.7. The van der Waals surface area contributed by atoms with Crippen LogP contribution in [-0.4, -0.2) is 30.1 Å². The van der Waals surface area contributed by atoms with Gasteiger partial charge in [-0.25, -0.2) is 18.0 Å². The van der Waals surface area contributed by atoms with Gasteiger partial charge in [-0.15, -0.1) is 0 Å². The number of ether oxygens (including phenoxy) is 1. The molecule has 0 bridgehead atoms. The van der Waals surface area contributed by atoms with E-state index in [1.165, 1.54) is 7.11 Å². The number of amides is 1. The second-order valence-electron chi connectivity index (χ2n) is 5.16. The van der Waals surface area contributed by atoms with Crippen molar-refractivity contribution in [2.24, 2.45) is 0 Å². The minimum Gasteiger partial charge on any atom is -0.497 e. The number of benzene rings is 2. The zero-order valence-corrected chi connectivity index (χ0v) is 13.1. The number of carboxylic acid groups (broad SMARTS) is 1. The molecule has 0 saturated heterocycles. The Balaban J connectivity index is 2.18. The van der Waals surface area contributed by atoms with Crippen LogP contribution in [0.25, 0.3) is 0 Å². The van der Waals surface area contributed by atoms with Crippen molar-refractivity contribution in [3.05, 3.63) is 65.0 Å². The molecule has 132 valence electrons. The molecule has 0 aromatic heterocycles. The fourth-order valence-electron chi connectivity index (χ4n) is 2.19. The Morgan fingerprint density at radius 3 is 2.16 bits per heavy atom. The Morgan fingerprint density at radius 2 is 1.68 bits per heavy atom. The number of methoxy groups -OCH3 is 1. The molecule has 2 rings (SSSR count). The van der Waals surface area contributed by atoms with Crippen molar-refractivity contribution >= 4 is 11.9 Å². The summed E-state index contributed by atoms with van der Waals surface area (Å²) in [5, 5.41) is 11.3. The lowest BCUT2D eigenvalue weighted by Gasteiger charge is -2.15. The third-order valence-electron chi connectivity index (χ3n) is 3.44. The van der Waals surface area contributed by atoms with E-state index in [4.69, 9.17) is 4.74 Å². The second kappa shape index (κ2) is 7.69. The summed E-state index contributed by atoms with van der Waals surface area (Å²) in [5.74, 6) is -6.11. The molecule has 1 atom stereocenters. The van der Waals surface area contributed by atoms with Gasteiger partial charge in [0.25, 0.3) is 5.91 Å². The molecule has 0 radical (unpaired) electrons. The Morgan fingerprint density at radius 1 is 1.12 bits per heavy atom. The Bertz CT molecular complexity index is 770. The van der Waals surface area contributed by atoms with Gasteiger partial charge in [0.2, 0.25) is 0 Å². The third-order valence-corrected chi connectivity index (χ3v) is 3.44. The van der Waals surface area contributed by atoms with E-state index in [2.05, 4.69) is 0 Å². The summed E-state index contributed by atoms with van der Waals surface area (Å²) in [6, 6.07) is 5.67. The SMILES string of the molecule is COc1ccc(C[C@H](NC(=O)c2c(F)cc(F)cc2F)C(=O)O)cc1. The van der Waals surface area contributed by atoms with Crippen LogP contribution in [0.4, 0.5) is 13.2 Å². The molecular weight excluding hydrogens is 339 g/mol. The van der Waals surface area contributed by atoms with Crippen LogP contribution in [0.1, 0.15) is 15.9 Å². The molecule has 0 unspecified atom stereocenters. The van der Waals surface area contributed by atoms with Crippen LogP contribution >= 0.6 is 0 Å². The third kappa shape index (κ3) is 4.50. The van der Waals surface area contributed by atoms with Gasteiger partial charge in [0.05, 0.1) is 7.11 Å². The molecular formula is C17H14F3NO4. The van der Waals surface area contributed by atoms with Crippen molar-refractivity contribution < 1.29 is 32.6 Å². The minimum atomic E-state index is -1.43. The molecule has 0 aliphatic heterocycles. The van der Waals surface area contributed by atoms with Crippen molar-refractivity contribution in [2.45, 2.75) is 12.5 Å². The first-order valence-corrected chi connectivity index (χ1v) is 7.13. The lowest BCUT2D eigenvalue weighted by molar-refractivity contribution is -0.139. The lowest BCUT2D eigenvalue weighted by atomic mass is 10.0. The highest BCUT2D eigenvalue weighted by Crippen LogP contribution is 2.16. The molecule has 2 N–H and O–H groups in total. The number of carbonyl (C=O) groups is 2. The van der Waals surface area contributed by atoms with E-state index in [0.717, 1.165) is 0 Å². The van der Waals surface area contributed by atoms with Gasteiger partial charge in [-0.2, -0.15) is 0 Å². The number of hydrogen-bond acceptors (Lipinski definition) is 3. The number of carbonyl (C=O) groups excluding carboxylic acids is 1. The van der Waals surface area contributed by atoms with Gasteiger partial charge in [0.15, 0.2) is 0 Å². The topological polar surface area (TPSA) is 75.6 Å². The van der Waals surface area contributed by atoms with Gasteiger partial charge >= 0.3 is 5.97 Å². The predicted molar refractivity (Wildman–Crippen MR) is 81.9 cm³/mol. The largest absolute Gasteiger partial charge is 0.497 e. The molecule has 2 aromatic rings. The minimum absolute atomic E-state index is 0.116. The van der Waals surface area contributed by atoms with Crippen LogP contribution in [-0.2, 0) is 11.2 Å². The van der Waals surface area contributed by atoms with Crippen molar-refractivity contribution in [2.75, 3.05) is 7.11 Å². The molecule has 0 saturated carbocycles. The molecule has 0 aliphatic carbocycles. The number of carboxylic acids is 1. The molecule has 25 heavy (non-hydrogen) atoms. The van der Waals surface area contributed by atoms with Gasteiger partial charge in [-0.3, -0.25) is 4.79 Å². The summed E-state index contributed by atoms with van der Waals surface area (Å²) in [6.07, 6.45) is -0.116. The van der Waals surface area contributed by atoms with Crippen LogP contribution in [0.3, 0.4) is 0 Å². The monoisotopic (exact) mass is 353 g/mol. The Kier molecular flexibility index (Phi) is 5.63. The van der Waals surface area contributed by atoms with Gasteiger partial charge in [-0.05, 0) is 17.7 Å². The van der Waals surface area contributed by atoms with Crippen LogP contribution in [0.5, 0.6) is 5.75 Å². The summed E-state index contributed by atoms with van der Waals surface area (Å²) in [6.45, 7) is 0. The molecule has 1 amide bonds. The number of halogens is 3. The first-order chi connectivity index (χ1) is 11.8. The first kappa shape index (κ1) is 18.3. The molecule has 0 fully saturated rings. The van der Waals surface area contributed by atoms with E-state index in [1.54, 1.807) is 24.3 Å². The molecule has 0 spiro atoms. The van der Waals surface area contributed by atoms with E-state index >= 15 is 0 Å². The summed E-state index contributed by atoms with van der Waals surface area (Å²) in [5.41, 5.74) is -0.476. The summed E-state index contributed by atoms with van der Waals surface area (Å²) < 4.78 is 45.1. The average Bonchev–Trinajstić information content (AvgIpc) is 2.53. The zero-order valence-electron chi connectivity index (χ0n) is 13.1. The molecule has 0 aliphatic rings. The van der Waals surface area contributed by atoms with E-state index in [0.29, 0.717) is 23.4 Å². The standard InChI is InChI=1S/C17H14F3NO4/c1-25-11-4-2-9(3-5-11)6-14(17(23)24)21-16(22)15-12(19)7-10(18)8-13(15)20/h2-5,7-8,14H,6H2,1H3,(H,21,22)(H,23,24)/t14-/m0/s1. The van der Waals surface area contributed by atoms with Crippen molar-refractivity contribution in [3.8, 4) is 5.75 Å². The van der Waals surface area contributed by atoms with Crippen LogP contribution in [0.2, 0.25) is 0 Å². The lowest BCUT2D eigenvalue weighted by Crippen LogP contribution is -2.43. The molecule has 2 aromatic carbocycles. The second-order valence-corrected chi connectivity index (χ2v) is 5.16. The molecule has 8 heteroatoms. The summed E-state index contributed by atoms with van der Waals surface area (Å²) in [4.78, 5) is 23.3. The number of nitrogens with one attached hydrogen (secondary N) is 1. The Labute approximate surface area is 141 Å². The molecule has 5 nitrogen and oxygen atoms in total. The van der Waals surface area contributed by atoms with Gasteiger partial charge in [-0.1, -0.05) is 12.1 Å². The number of hydrogen-bond donors (Lipinski definition) is 2. The van der Waals surface area contributed by atoms with Gasteiger partial charge in [0.1, 0.15) is 34.8 Å². The van der Waals surface area contributed by atoms with Crippen LogP contribution in [0, 0.1) is 17.5 Å². The van der Waals surface area contributed by atoms with Crippen LogP contribution < -0.4 is 10.1 Å². The fourth-order valence-corrected chi connectivity index (χ4v) is 2.19. The smallest absolute Gasteiger partial charge is 0.326 e. The van der Waals surface area contributed by atoms with Gasteiger partial charge < -0.3 is 15.2 Å². The highest BCUT2D eigenvalue weighted by molar-refractivity contribution is 5.97. The van der Waals surface area contributed by atoms with Crippen molar-refractivity contribution in [1.29, 1.82) is 0 Å². The van der Waals surface area contributed by atoms with E-state index in [1.807, 2.05) is 5.32 Å². The first-order valence-electron chi connectivity index (χ1n) is 7.13. The van der Waals surface area contributed by atoms with Crippen molar-refractivity contribution in [1.82, 2.24) is 5.32 Å². The number of rotatable bonds is 6. The van der Waals surface area contributed by atoms with Crippen LogP contribution in [0.15, 0.2) is 36.4 Å². The Hall–Kier alpha value is -3.03. The average molecular weight is 353 g/mol. The fraction of sp³-hybridized carbons (Fsp3) is 0.176. The predicted octanol–water partition coefficient (Wildman–Crippen LogP) is 2.54. The zero-order chi connectivity index (χ0) is 18.6. The van der Waals surface area contributed by atoms with Crippen molar-refractivity contribution in [3.63, 3.8) is 0 Å². The van der Waals surface area contributed by atoms with Gasteiger partial charge in [0, 0.05) is 18.6 Å². The summed E-state index contributed by atoms with van der Waals surface area (Å²) >= 11 is 0.